The first-order chi connectivity index (χ1) is 7.18. The van der Waals surface area contributed by atoms with Gasteiger partial charge in [0.1, 0.15) is 0 Å². The van der Waals surface area contributed by atoms with Crippen molar-refractivity contribution in [3.8, 4) is 0 Å². The molecular formula is C12H24O4. The van der Waals surface area contributed by atoms with Gasteiger partial charge in [0.25, 0.3) is 0 Å². The van der Waals surface area contributed by atoms with Crippen LogP contribution < -0.4 is 0 Å². The van der Waals surface area contributed by atoms with E-state index in [1.807, 2.05) is 27.7 Å². The molecule has 0 amide bonds. The van der Waals surface area contributed by atoms with E-state index in [4.69, 9.17) is 9.84 Å². The zero-order valence-corrected chi connectivity index (χ0v) is 11.1. The van der Waals surface area contributed by atoms with Crippen LogP contribution in [0.1, 0.15) is 41.5 Å². The van der Waals surface area contributed by atoms with Crippen LogP contribution in [-0.4, -0.2) is 23.7 Å². The lowest BCUT2D eigenvalue weighted by molar-refractivity contribution is -0.148. The fourth-order valence-corrected chi connectivity index (χ4v) is 0.415. The summed E-state index contributed by atoms with van der Waals surface area (Å²) < 4.78 is 4.93. The lowest BCUT2D eigenvalue weighted by Gasteiger charge is -2.08. The zero-order valence-electron chi connectivity index (χ0n) is 11.1. The van der Waals surface area contributed by atoms with Crippen molar-refractivity contribution >= 4 is 11.9 Å². The Morgan fingerprint density at radius 1 is 1.00 bits per heavy atom. The molecule has 0 aromatic carbocycles. The van der Waals surface area contributed by atoms with E-state index in [1.165, 1.54) is 0 Å². The van der Waals surface area contributed by atoms with Crippen molar-refractivity contribution < 1.29 is 19.4 Å². The van der Waals surface area contributed by atoms with Gasteiger partial charge in [0.2, 0.25) is 0 Å². The van der Waals surface area contributed by atoms with Crippen LogP contribution in [0.25, 0.3) is 0 Å². The van der Waals surface area contributed by atoms with E-state index in [-0.39, 0.29) is 17.8 Å². The molecule has 0 aliphatic carbocycles. The summed E-state index contributed by atoms with van der Waals surface area (Å²) in [6.07, 6.45) is 0. The van der Waals surface area contributed by atoms with Crippen LogP contribution in [0.3, 0.4) is 0 Å². The van der Waals surface area contributed by atoms with Crippen LogP contribution in [0.15, 0.2) is 0 Å². The smallest absolute Gasteiger partial charge is 0.308 e. The van der Waals surface area contributed by atoms with Crippen molar-refractivity contribution in [1.82, 2.24) is 0 Å². The number of ether oxygens (including phenoxy) is 1. The van der Waals surface area contributed by atoms with Crippen LogP contribution in [0.2, 0.25) is 0 Å². The maximum absolute atomic E-state index is 10.8. The molecular weight excluding hydrogens is 208 g/mol. The molecule has 1 N–H and O–H groups in total. The SMILES string of the molecule is CC(C)C(=O)O.CC(C)COC(=O)C(C)C. The molecule has 4 nitrogen and oxygen atoms in total. The standard InChI is InChI=1S/C8H16O2.C4H8O2/c1-6(2)5-10-8(9)7(3)4;1-3(2)4(5)6/h6-7H,5H2,1-4H3;3H,1-2H3,(H,5,6). The summed E-state index contributed by atoms with van der Waals surface area (Å²) in [7, 11) is 0. The van der Waals surface area contributed by atoms with Crippen LogP contribution in [0, 0.1) is 17.8 Å². The first-order valence-electron chi connectivity index (χ1n) is 5.57. The first kappa shape index (κ1) is 17.3. The minimum atomic E-state index is -0.741. The topological polar surface area (TPSA) is 63.6 Å². The summed E-state index contributed by atoms with van der Waals surface area (Å²) in [5, 5.41) is 7.99. The van der Waals surface area contributed by atoms with Gasteiger partial charge in [-0.3, -0.25) is 9.59 Å². The molecule has 0 bridgehead atoms. The van der Waals surface area contributed by atoms with E-state index in [0.29, 0.717) is 12.5 Å². The molecule has 16 heavy (non-hydrogen) atoms. The summed E-state index contributed by atoms with van der Waals surface area (Å²) in [6.45, 7) is 11.5. The Kier molecular flexibility index (Phi) is 9.96. The molecule has 0 spiro atoms. The molecule has 0 unspecified atom stereocenters. The van der Waals surface area contributed by atoms with Crippen molar-refractivity contribution in [3.63, 3.8) is 0 Å². The van der Waals surface area contributed by atoms with Crippen LogP contribution in [0.5, 0.6) is 0 Å². The minimum Gasteiger partial charge on any atom is -0.481 e. The quantitative estimate of drug-likeness (QED) is 0.757. The van der Waals surface area contributed by atoms with E-state index in [1.54, 1.807) is 13.8 Å². The van der Waals surface area contributed by atoms with Crippen molar-refractivity contribution in [1.29, 1.82) is 0 Å². The highest BCUT2D eigenvalue weighted by atomic mass is 16.5. The predicted octanol–water partition coefficient (Wildman–Crippen LogP) is 2.57. The first-order valence-corrected chi connectivity index (χ1v) is 5.57. The number of esters is 1. The second-order valence-corrected chi connectivity index (χ2v) is 4.67. The summed E-state index contributed by atoms with van der Waals surface area (Å²) in [4.78, 5) is 20.5. The average molecular weight is 232 g/mol. The van der Waals surface area contributed by atoms with Gasteiger partial charge in [-0.2, -0.15) is 0 Å². The van der Waals surface area contributed by atoms with Crippen molar-refractivity contribution in [2.75, 3.05) is 6.61 Å². The monoisotopic (exact) mass is 232 g/mol. The summed E-state index contributed by atoms with van der Waals surface area (Å²) in [5.74, 6) is -0.643. The Morgan fingerprint density at radius 2 is 1.38 bits per heavy atom. The van der Waals surface area contributed by atoms with E-state index in [9.17, 15) is 9.59 Å². The highest BCUT2D eigenvalue weighted by Gasteiger charge is 2.07. The molecule has 0 aliphatic rings. The van der Waals surface area contributed by atoms with Gasteiger partial charge < -0.3 is 9.84 Å². The molecule has 4 heteroatoms. The number of carbonyl (C=O) groups excluding carboxylic acids is 1. The number of hydrogen-bond donors (Lipinski definition) is 1. The van der Waals surface area contributed by atoms with E-state index >= 15 is 0 Å². The van der Waals surface area contributed by atoms with Gasteiger partial charge in [-0.25, -0.2) is 0 Å². The molecule has 0 aromatic rings. The van der Waals surface area contributed by atoms with Gasteiger partial charge >= 0.3 is 11.9 Å². The summed E-state index contributed by atoms with van der Waals surface area (Å²) in [6, 6.07) is 0. The Balaban J connectivity index is 0. The number of rotatable bonds is 4. The molecule has 0 fully saturated rings. The Hall–Kier alpha value is -1.06. The normalized spacial score (nSPS) is 10.1. The van der Waals surface area contributed by atoms with E-state index in [0.717, 1.165) is 0 Å². The molecule has 0 atom stereocenters. The molecule has 0 aromatic heterocycles. The van der Waals surface area contributed by atoms with E-state index < -0.39 is 5.97 Å². The second kappa shape index (κ2) is 9.19. The lowest BCUT2D eigenvalue weighted by Crippen LogP contribution is -2.14. The maximum Gasteiger partial charge on any atom is 0.308 e. The lowest BCUT2D eigenvalue weighted by atomic mass is 10.2. The fourth-order valence-electron chi connectivity index (χ4n) is 0.415. The van der Waals surface area contributed by atoms with Crippen molar-refractivity contribution in [2.45, 2.75) is 41.5 Å². The highest BCUT2D eigenvalue weighted by molar-refractivity contribution is 5.71. The minimum absolute atomic E-state index is 0.00116. The second-order valence-electron chi connectivity index (χ2n) is 4.67. The van der Waals surface area contributed by atoms with Gasteiger partial charge in [0.05, 0.1) is 18.4 Å². The molecule has 0 saturated heterocycles. The maximum atomic E-state index is 10.8. The third kappa shape index (κ3) is 12.9. The van der Waals surface area contributed by atoms with Crippen LogP contribution >= 0.6 is 0 Å². The van der Waals surface area contributed by atoms with Gasteiger partial charge in [-0.1, -0.05) is 41.5 Å². The third-order valence-electron chi connectivity index (χ3n) is 1.52. The molecule has 96 valence electrons. The van der Waals surface area contributed by atoms with Crippen molar-refractivity contribution in [2.24, 2.45) is 17.8 Å². The molecule has 0 radical (unpaired) electrons. The molecule has 0 heterocycles. The highest BCUT2D eigenvalue weighted by Crippen LogP contribution is 1.99. The van der Waals surface area contributed by atoms with Gasteiger partial charge in [0, 0.05) is 0 Å². The van der Waals surface area contributed by atoms with Gasteiger partial charge in [0.15, 0.2) is 0 Å². The molecule has 0 rings (SSSR count). The molecule has 0 saturated carbocycles. The van der Waals surface area contributed by atoms with Gasteiger partial charge in [-0.05, 0) is 5.92 Å². The summed E-state index contributed by atoms with van der Waals surface area (Å²) in [5.41, 5.74) is 0. The Bertz CT molecular complexity index is 207. The van der Waals surface area contributed by atoms with Gasteiger partial charge in [-0.15, -0.1) is 0 Å². The zero-order chi connectivity index (χ0) is 13.3. The number of carboxylic acids is 1. The average Bonchev–Trinajstić information content (AvgIpc) is 2.14. The van der Waals surface area contributed by atoms with Crippen LogP contribution in [-0.2, 0) is 14.3 Å². The van der Waals surface area contributed by atoms with Crippen LogP contribution in [0.4, 0.5) is 0 Å². The number of carbonyl (C=O) groups is 2. The third-order valence-corrected chi connectivity index (χ3v) is 1.52. The Labute approximate surface area is 98.0 Å². The number of carboxylic acid groups (broad SMARTS) is 1. The fraction of sp³-hybridized carbons (Fsp3) is 0.833. The Morgan fingerprint density at radius 3 is 1.56 bits per heavy atom. The summed E-state index contributed by atoms with van der Waals surface area (Å²) >= 11 is 0. The number of aliphatic carboxylic acids is 1. The van der Waals surface area contributed by atoms with E-state index in [2.05, 4.69) is 0 Å². The van der Waals surface area contributed by atoms with Crippen molar-refractivity contribution in [3.05, 3.63) is 0 Å². The number of hydrogen-bond acceptors (Lipinski definition) is 3. The molecule has 0 aliphatic heterocycles. The largest absolute Gasteiger partial charge is 0.481 e. The predicted molar refractivity (Wildman–Crippen MR) is 63.1 cm³/mol.